The third-order valence-corrected chi connectivity index (χ3v) is 4.74. The van der Waals surface area contributed by atoms with Crippen LogP contribution < -0.4 is 11.5 Å². The van der Waals surface area contributed by atoms with Gasteiger partial charge in [0.15, 0.2) is 11.6 Å². The predicted molar refractivity (Wildman–Crippen MR) is 101 cm³/mol. The zero-order chi connectivity index (χ0) is 20.2. The molecule has 0 fully saturated rings. The number of primary amides is 2. The molecule has 27 heavy (non-hydrogen) atoms. The van der Waals surface area contributed by atoms with Crippen LogP contribution in [0.4, 0.5) is 0 Å². The first-order chi connectivity index (χ1) is 12.7. The van der Waals surface area contributed by atoms with Crippen molar-refractivity contribution in [2.45, 2.75) is 32.1 Å². The van der Waals surface area contributed by atoms with Gasteiger partial charge in [0.1, 0.15) is 0 Å². The van der Waals surface area contributed by atoms with Crippen LogP contribution in [0.1, 0.15) is 58.5 Å². The topological polar surface area (TPSA) is 120 Å². The van der Waals surface area contributed by atoms with Crippen molar-refractivity contribution in [3.63, 3.8) is 0 Å². The smallest absolute Gasteiger partial charge is 0.232 e. The fraction of sp³-hybridized carbons (Fsp3) is 0.238. The highest BCUT2D eigenvalue weighted by Gasteiger charge is 2.40. The highest BCUT2D eigenvalue weighted by molar-refractivity contribution is 5.96. The van der Waals surface area contributed by atoms with Crippen molar-refractivity contribution in [3.05, 3.63) is 70.8 Å². The number of carbonyl (C=O) groups is 4. The minimum Gasteiger partial charge on any atom is -0.370 e. The van der Waals surface area contributed by atoms with E-state index in [1.807, 2.05) is 0 Å². The number of carbonyl (C=O) groups excluding carboxylic acids is 4. The van der Waals surface area contributed by atoms with Crippen molar-refractivity contribution in [2.75, 3.05) is 0 Å². The van der Waals surface area contributed by atoms with E-state index >= 15 is 0 Å². The summed E-state index contributed by atoms with van der Waals surface area (Å²) >= 11 is 0. The van der Waals surface area contributed by atoms with E-state index in [1.165, 1.54) is 13.8 Å². The molecule has 0 saturated heterocycles. The molecule has 6 nitrogen and oxygen atoms in total. The van der Waals surface area contributed by atoms with Gasteiger partial charge in [-0.15, -0.1) is 0 Å². The Hall–Kier alpha value is -3.28. The average Bonchev–Trinajstić information content (AvgIpc) is 2.62. The molecular weight excluding hydrogens is 344 g/mol. The lowest BCUT2D eigenvalue weighted by molar-refractivity contribution is -0.123. The first kappa shape index (κ1) is 20.0. The third kappa shape index (κ3) is 4.11. The molecule has 0 aliphatic rings. The van der Waals surface area contributed by atoms with Crippen LogP contribution in [0.2, 0.25) is 0 Å². The fourth-order valence-corrected chi connectivity index (χ4v) is 3.15. The highest BCUT2D eigenvalue weighted by Crippen LogP contribution is 2.37. The van der Waals surface area contributed by atoms with E-state index in [0.717, 1.165) is 0 Å². The van der Waals surface area contributed by atoms with Crippen molar-refractivity contribution in [2.24, 2.45) is 11.5 Å². The van der Waals surface area contributed by atoms with E-state index in [4.69, 9.17) is 11.5 Å². The van der Waals surface area contributed by atoms with Gasteiger partial charge < -0.3 is 11.5 Å². The van der Waals surface area contributed by atoms with Gasteiger partial charge in [-0.25, -0.2) is 0 Å². The summed E-state index contributed by atoms with van der Waals surface area (Å²) in [7, 11) is 0. The van der Waals surface area contributed by atoms with Gasteiger partial charge >= 0.3 is 0 Å². The highest BCUT2D eigenvalue weighted by atomic mass is 16.2. The summed E-state index contributed by atoms with van der Waals surface area (Å²) in [6, 6.07) is 13.1. The maximum absolute atomic E-state index is 12.6. The zero-order valence-electron chi connectivity index (χ0n) is 15.3. The Morgan fingerprint density at radius 1 is 0.741 bits per heavy atom. The van der Waals surface area contributed by atoms with Gasteiger partial charge in [0, 0.05) is 17.5 Å². The van der Waals surface area contributed by atoms with Gasteiger partial charge in [0.25, 0.3) is 0 Å². The van der Waals surface area contributed by atoms with Gasteiger partial charge in [-0.2, -0.15) is 0 Å². The number of hydrogen-bond acceptors (Lipinski definition) is 4. The van der Waals surface area contributed by atoms with Gasteiger partial charge in [0.05, 0.1) is 5.41 Å². The molecule has 0 bridgehead atoms. The monoisotopic (exact) mass is 366 g/mol. The van der Waals surface area contributed by atoms with Crippen LogP contribution in [0.5, 0.6) is 0 Å². The lowest BCUT2D eigenvalue weighted by Crippen LogP contribution is -2.43. The second-order valence-electron chi connectivity index (χ2n) is 6.50. The summed E-state index contributed by atoms with van der Waals surface area (Å²) in [6.45, 7) is 2.90. The Morgan fingerprint density at radius 2 is 1.11 bits per heavy atom. The second kappa shape index (κ2) is 7.95. The van der Waals surface area contributed by atoms with Gasteiger partial charge in [-0.05, 0) is 31.4 Å². The van der Waals surface area contributed by atoms with Crippen LogP contribution in [0, 0.1) is 0 Å². The molecule has 140 valence electrons. The standard InChI is InChI=1S/C21H22N2O4/c1-13(24)15-3-7-17(8-4-15)21(20(23)27,12-11-19(22)26)18-9-5-16(6-10-18)14(2)25/h3-10H,11-12H2,1-2H3,(H2,22,26)(H2,23,27). The summed E-state index contributed by atoms with van der Waals surface area (Å²) in [6.07, 6.45) is 0.0301. The largest absolute Gasteiger partial charge is 0.370 e. The second-order valence-corrected chi connectivity index (χ2v) is 6.50. The first-order valence-electron chi connectivity index (χ1n) is 8.49. The Bertz CT molecular complexity index is 826. The number of amides is 2. The molecule has 6 heteroatoms. The van der Waals surface area contributed by atoms with Crippen molar-refractivity contribution in [1.29, 1.82) is 0 Å². The molecule has 2 amide bonds. The molecule has 0 aliphatic carbocycles. The Labute approximate surface area is 157 Å². The molecular formula is C21H22N2O4. The van der Waals surface area contributed by atoms with Gasteiger partial charge in [-0.1, -0.05) is 48.5 Å². The number of nitrogens with two attached hydrogens (primary N) is 2. The summed E-state index contributed by atoms with van der Waals surface area (Å²) in [5, 5.41) is 0. The number of benzene rings is 2. The van der Waals surface area contributed by atoms with E-state index in [-0.39, 0.29) is 24.4 Å². The summed E-state index contributed by atoms with van der Waals surface area (Å²) in [5.41, 5.74) is 11.9. The molecule has 2 aromatic rings. The number of hydrogen-bond donors (Lipinski definition) is 2. The van der Waals surface area contributed by atoms with Crippen LogP contribution in [-0.2, 0) is 15.0 Å². The molecule has 0 spiro atoms. The van der Waals surface area contributed by atoms with Crippen LogP contribution >= 0.6 is 0 Å². The molecule has 0 radical (unpaired) electrons. The van der Waals surface area contributed by atoms with Crippen molar-refractivity contribution < 1.29 is 19.2 Å². The molecule has 2 rings (SSSR count). The van der Waals surface area contributed by atoms with Crippen LogP contribution in [0.3, 0.4) is 0 Å². The maximum atomic E-state index is 12.6. The summed E-state index contributed by atoms with van der Waals surface area (Å²) in [5.74, 6) is -1.40. The first-order valence-corrected chi connectivity index (χ1v) is 8.49. The Balaban J connectivity index is 2.64. The molecule has 4 N–H and O–H groups in total. The molecule has 2 aromatic carbocycles. The van der Waals surface area contributed by atoms with Crippen molar-refractivity contribution >= 4 is 23.4 Å². The van der Waals surface area contributed by atoms with E-state index in [0.29, 0.717) is 22.3 Å². The van der Waals surface area contributed by atoms with Gasteiger partial charge in [0.2, 0.25) is 11.8 Å². The molecule has 0 saturated carbocycles. The summed E-state index contributed by atoms with van der Waals surface area (Å²) < 4.78 is 0. The minimum atomic E-state index is -1.31. The van der Waals surface area contributed by atoms with Gasteiger partial charge in [-0.3, -0.25) is 19.2 Å². The summed E-state index contributed by atoms with van der Waals surface area (Å²) in [4.78, 5) is 47.1. The Morgan fingerprint density at radius 3 is 1.37 bits per heavy atom. The van der Waals surface area contributed by atoms with E-state index in [2.05, 4.69) is 0 Å². The lowest BCUT2D eigenvalue weighted by atomic mass is 9.70. The maximum Gasteiger partial charge on any atom is 0.232 e. The van der Waals surface area contributed by atoms with Crippen LogP contribution in [0.25, 0.3) is 0 Å². The molecule has 0 aliphatic heterocycles. The molecule has 0 aromatic heterocycles. The quantitative estimate of drug-likeness (QED) is 0.695. The number of ketones is 2. The number of Topliss-reactive ketones (excluding diaryl/α,β-unsaturated/α-hetero) is 2. The molecule has 0 unspecified atom stereocenters. The van der Waals surface area contributed by atoms with E-state index in [9.17, 15) is 19.2 Å². The molecule has 0 atom stereocenters. The predicted octanol–water partition coefficient (Wildman–Crippen LogP) is 2.13. The minimum absolute atomic E-state index is 0.0497. The number of rotatable bonds is 8. The fourth-order valence-electron chi connectivity index (χ4n) is 3.15. The van der Waals surface area contributed by atoms with Crippen molar-refractivity contribution in [1.82, 2.24) is 0 Å². The van der Waals surface area contributed by atoms with E-state index < -0.39 is 17.2 Å². The Kier molecular flexibility index (Phi) is 5.90. The molecule has 0 heterocycles. The van der Waals surface area contributed by atoms with Crippen LogP contribution in [0.15, 0.2) is 48.5 Å². The van der Waals surface area contributed by atoms with Crippen LogP contribution in [-0.4, -0.2) is 23.4 Å². The van der Waals surface area contributed by atoms with E-state index in [1.54, 1.807) is 48.5 Å². The SMILES string of the molecule is CC(=O)c1ccc(C(CCC(N)=O)(C(N)=O)c2ccc(C(C)=O)cc2)cc1. The normalized spacial score (nSPS) is 11.0. The van der Waals surface area contributed by atoms with Crippen molar-refractivity contribution in [3.8, 4) is 0 Å². The lowest BCUT2D eigenvalue weighted by Gasteiger charge is -2.32. The zero-order valence-corrected chi connectivity index (χ0v) is 15.3. The average molecular weight is 366 g/mol. The third-order valence-electron chi connectivity index (χ3n) is 4.74.